The third kappa shape index (κ3) is 8.68. The number of likely N-dealkylation sites (N-methyl/N-ethyl adjacent to an activating group) is 1. The van der Waals surface area contributed by atoms with Gasteiger partial charge in [0.2, 0.25) is 0 Å². The number of carboxylic acids is 1. The van der Waals surface area contributed by atoms with Crippen LogP contribution in [0.4, 0.5) is 0 Å². The summed E-state index contributed by atoms with van der Waals surface area (Å²) in [6.07, 6.45) is 1.51. The van der Waals surface area contributed by atoms with Crippen molar-refractivity contribution in [1.29, 1.82) is 0 Å². The first-order valence-electron chi connectivity index (χ1n) is 5.90. The third-order valence-electron chi connectivity index (χ3n) is 2.30. The van der Waals surface area contributed by atoms with Crippen molar-refractivity contribution in [2.45, 2.75) is 46.6 Å². The number of nitrogens with one attached hydrogen (secondary N) is 1. The van der Waals surface area contributed by atoms with Gasteiger partial charge in [0.25, 0.3) is 0 Å². The number of carbonyl (C=O) groups is 1. The highest BCUT2D eigenvalue weighted by atomic mass is 16.5. The van der Waals surface area contributed by atoms with E-state index in [-0.39, 0.29) is 5.41 Å². The van der Waals surface area contributed by atoms with Gasteiger partial charge in [-0.05, 0) is 24.8 Å². The van der Waals surface area contributed by atoms with Crippen LogP contribution >= 0.6 is 0 Å². The maximum Gasteiger partial charge on any atom is 0.320 e. The molecule has 0 radical (unpaired) electrons. The zero-order chi connectivity index (χ0) is 12.6. The molecule has 0 aromatic carbocycles. The Morgan fingerprint density at radius 3 is 2.44 bits per heavy atom. The van der Waals surface area contributed by atoms with E-state index in [0.717, 1.165) is 6.42 Å². The number of hydrogen-bond acceptors (Lipinski definition) is 3. The quantitative estimate of drug-likeness (QED) is 0.626. The van der Waals surface area contributed by atoms with E-state index >= 15 is 0 Å². The van der Waals surface area contributed by atoms with Gasteiger partial charge < -0.3 is 15.2 Å². The molecule has 0 aromatic rings. The van der Waals surface area contributed by atoms with E-state index in [0.29, 0.717) is 26.2 Å². The highest BCUT2D eigenvalue weighted by Crippen LogP contribution is 2.17. The van der Waals surface area contributed by atoms with Crippen LogP contribution < -0.4 is 5.32 Å². The largest absolute Gasteiger partial charge is 0.480 e. The lowest BCUT2D eigenvalue weighted by Crippen LogP contribution is -2.37. The molecule has 0 aromatic heterocycles. The van der Waals surface area contributed by atoms with Gasteiger partial charge in [0.05, 0.1) is 0 Å². The Morgan fingerprint density at radius 2 is 2.00 bits per heavy atom. The molecule has 4 nitrogen and oxygen atoms in total. The molecule has 0 fully saturated rings. The van der Waals surface area contributed by atoms with E-state index in [9.17, 15) is 4.79 Å². The SMILES string of the molecule is CCNC(CCOCCC(C)(C)C)C(=O)O. The molecule has 0 saturated carbocycles. The van der Waals surface area contributed by atoms with Gasteiger partial charge in [-0.15, -0.1) is 0 Å². The minimum Gasteiger partial charge on any atom is -0.480 e. The van der Waals surface area contributed by atoms with Gasteiger partial charge in [-0.2, -0.15) is 0 Å². The summed E-state index contributed by atoms with van der Waals surface area (Å²) in [5.41, 5.74) is 0.272. The topological polar surface area (TPSA) is 58.6 Å². The molecule has 16 heavy (non-hydrogen) atoms. The third-order valence-corrected chi connectivity index (χ3v) is 2.30. The molecule has 0 heterocycles. The predicted octanol–water partition coefficient (Wildman–Crippen LogP) is 1.89. The Labute approximate surface area is 98.4 Å². The molecule has 2 N–H and O–H groups in total. The number of hydrogen-bond donors (Lipinski definition) is 2. The van der Waals surface area contributed by atoms with Gasteiger partial charge >= 0.3 is 5.97 Å². The fourth-order valence-electron chi connectivity index (χ4n) is 1.24. The summed E-state index contributed by atoms with van der Waals surface area (Å²) in [4.78, 5) is 10.8. The summed E-state index contributed by atoms with van der Waals surface area (Å²) >= 11 is 0. The molecule has 0 spiro atoms. The summed E-state index contributed by atoms with van der Waals surface area (Å²) in [6, 6.07) is -0.486. The molecule has 0 aliphatic rings. The molecule has 0 bridgehead atoms. The molecule has 0 amide bonds. The van der Waals surface area contributed by atoms with E-state index in [1.165, 1.54) is 0 Å². The van der Waals surface area contributed by atoms with Crippen LogP contribution in [0.3, 0.4) is 0 Å². The van der Waals surface area contributed by atoms with Crippen molar-refractivity contribution in [3.05, 3.63) is 0 Å². The molecule has 0 saturated heterocycles. The van der Waals surface area contributed by atoms with Crippen LogP contribution in [0.5, 0.6) is 0 Å². The van der Waals surface area contributed by atoms with Gasteiger partial charge in [0.1, 0.15) is 6.04 Å². The molecule has 4 heteroatoms. The first kappa shape index (κ1) is 15.4. The Hall–Kier alpha value is -0.610. The van der Waals surface area contributed by atoms with E-state index in [4.69, 9.17) is 9.84 Å². The first-order valence-corrected chi connectivity index (χ1v) is 5.90. The fraction of sp³-hybridized carbons (Fsp3) is 0.917. The summed E-state index contributed by atoms with van der Waals surface area (Å²) in [5, 5.41) is 11.8. The second-order valence-electron chi connectivity index (χ2n) is 5.16. The van der Waals surface area contributed by atoms with Crippen molar-refractivity contribution < 1.29 is 14.6 Å². The molecular formula is C12H25NO3. The van der Waals surface area contributed by atoms with Gasteiger partial charge in [-0.25, -0.2) is 0 Å². The van der Waals surface area contributed by atoms with Crippen LogP contribution in [0.1, 0.15) is 40.5 Å². The van der Waals surface area contributed by atoms with Crippen LogP contribution in [0.25, 0.3) is 0 Å². The second-order valence-corrected chi connectivity index (χ2v) is 5.16. The lowest BCUT2D eigenvalue weighted by Gasteiger charge is -2.18. The molecule has 0 rings (SSSR count). The maximum absolute atomic E-state index is 10.8. The predicted molar refractivity (Wildman–Crippen MR) is 64.6 cm³/mol. The van der Waals surface area contributed by atoms with Crippen molar-refractivity contribution >= 4 is 5.97 Å². The fourth-order valence-corrected chi connectivity index (χ4v) is 1.24. The average Bonchev–Trinajstić information content (AvgIpc) is 2.13. The minimum atomic E-state index is -0.804. The normalized spacial score (nSPS) is 13.8. The first-order chi connectivity index (χ1) is 7.37. The molecule has 1 atom stereocenters. The summed E-state index contributed by atoms with van der Waals surface area (Å²) in [7, 11) is 0. The number of aliphatic carboxylic acids is 1. The van der Waals surface area contributed by atoms with Crippen LogP contribution in [0, 0.1) is 5.41 Å². The molecule has 0 aliphatic carbocycles. The Bertz CT molecular complexity index is 199. The Kier molecular flexibility index (Phi) is 7.34. The highest BCUT2D eigenvalue weighted by molar-refractivity contribution is 5.73. The molecule has 0 aliphatic heterocycles. The van der Waals surface area contributed by atoms with Crippen LogP contribution in [0.15, 0.2) is 0 Å². The van der Waals surface area contributed by atoms with Gasteiger partial charge in [0, 0.05) is 13.2 Å². The van der Waals surface area contributed by atoms with Crippen molar-refractivity contribution in [3.63, 3.8) is 0 Å². The van der Waals surface area contributed by atoms with E-state index in [1.54, 1.807) is 0 Å². The summed E-state index contributed by atoms with van der Waals surface area (Å²) in [6.45, 7) is 10.2. The van der Waals surface area contributed by atoms with Gasteiger partial charge in [0.15, 0.2) is 0 Å². The monoisotopic (exact) mass is 231 g/mol. The average molecular weight is 231 g/mol. The van der Waals surface area contributed by atoms with Crippen molar-refractivity contribution in [2.24, 2.45) is 5.41 Å². The minimum absolute atomic E-state index is 0.272. The smallest absolute Gasteiger partial charge is 0.320 e. The zero-order valence-electron chi connectivity index (χ0n) is 10.9. The second kappa shape index (κ2) is 7.63. The van der Waals surface area contributed by atoms with Crippen LogP contribution in [-0.4, -0.2) is 36.9 Å². The molecular weight excluding hydrogens is 206 g/mol. The number of rotatable bonds is 8. The molecule has 96 valence electrons. The lowest BCUT2D eigenvalue weighted by atomic mass is 9.93. The summed E-state index contributed by atoms with van der Waals surface area (Å²) in [5.74, 6) is -0.804. The van der Waals surface area contributed by atoms with E-state index in [1.807, 2.05) is 6.92 Å². The van der Waals surface area contributed by atoms with E-state index < -0.39 is 12.0 Å². The lowest BCUT2D eigenvalue weighted by molar-refractivity contribution is -0.140. The number of carboxylic acid groups (broad SMARTS) is 1. The number of ether oxygens (including phenoxy) is 1. The highest BCUT2D eigenvalue weighted by Gasteiger charge is 2.15. The van der Waals surface area contributed by atoms with Crippen molar-refractivity contribution in [2.75, 3.05) is 19.8 Å². The summed E-state index contributed by atoms with van der Waals surface area (Å²) < 4.78 is 5.43. The van der Waals surface area contributed by atoms with E-state index in [2.05, 4.69) is 26.1 Å². The van der Waals surface area contributed by atoms with Gasteiger partial charge in [-0.3, -0.25) is 4.79 Å². The Balaban J connectivity index is 3.59. The van der Waals surface area contributed by atoms with Crippen molar-refractivity contribution in [1.82, 2.24) is 5.32 Å². The Morgan fingerprint density at radius 1 is 1.38 bits per heavy atom. The van der Waals surface area contributed by atoms with Crippen LogP contribution in [0.2, 0.25) is 0 Å². The van der Waals surface area contributed by atoms with Crippen molar-refractivity contribution in [3.8, 4) is 0 Å². The standard InChI is InChI=1S/C12H25NO3/c1-5-13-10(11(14)15)6-8-16-9-7-12(2,3)4/h10,13H,5-9H2,1-4H3,(H,14,15). The molecule has 1 unspecified atom stereocenters. The zero-order valence-corrected chi connectivity index (χ0v) is 10.9. The van der Waals surface area contributed by atoms with Crippen LogP contribution in [-0.2, 0) is 9.53 Å². The van der Waals surface area contributed by atoms with Gasteiger partial charge in [-0.1, -0.05) is 27.7 Å². The maximum atomic E-state index is 10.8.